The molecule has 1 aromatic carbocycles. The van der Waals surface area contributed by atoms with Crippen molar-refractivity contribution in [3.63, 3.8) is 0 Å². The summed E-state index contributed by atoms with van der Waals surface area (Å²) in [6, 6.07) is 3.67. The molecule has 0 aliphatic rings. The molecule has 0 spiro atoms. The monoisotopic (exact) mass is 371 g/mol. The van der Waals surface area contributed by atoms with Crippen LogP contribution in [0.15, 0.2) is 12.1 Å². The molecule has 1 amide bonds. The Kier molecular flexibility index (Phi) is 6.56. The molecule has 2 aromatic rings. The molecule has 0 saturated carbocycles. The van der Waals surface area contributed by atoms with Gasteiger partial charge in [0.1, 0.15) is 17.1 Å². The van der Waals surface area contributed by atoms with E-state index in [2.05, 4.69) is 5.32 Å². The van der Waals surface area contributed by atoms with Crippen molar-refractivity contribution >= 4 is 49.9 Å². The topological polar surface area (TPSA) is 92.2 Å². The van der Waals surface area contributed by atoms with E-state index in [4.69, 9.17) is 21.4 Å². The second-order valence-corrected chi connectivity index (χ2v) is 6.53. The van der Waals surface area contributed by atoms with Crippen molar-refractivity contribution in [2.24, 2.45) is 0 Å². The number of hydrogen-bond acceptors (Lipinski definition) is 5. The minimum Gasteiger partial charge on any atom is -0.462 e. The van der Waals surface area contributed by atoms with Gasteiger partial charge in [0, 0.05) is 17.9 Å². The van der Waals surface area contributed by atoms with Crippen LogP contribution in [0, 0.1) is 0 Å². The lowest BCUT2D eigenvalue weighted by Crippen LogP contribution is -2.83. The maximum Gasteiger partial charge on any atom is 0.341 e. The van der Waals surface area contributed by atoms with Crippen LogP contribution in [0.4, 0.5) is 5.00 Å². The number of quaternary nitrogens is 1. The van der Waals surface area contributed by atoms with Crippen LogP contribution in [-0.4, -0.2) is 36.7 Å². The van der Waals surface area contributed by atoms with Crippen molar-refractivity contribution in [1.29, 1.82) is 0 Å². The molecule has 6 nitrogen and oxygen atoms in total. The fourth-order valence-electron chi connectivity index (χ4n) is 2.33. The van der Waals surface area contributed by atoms with E-state index in [1.807, 2.05) is 17.4 Å². The van der Waals surface area contributed by atoms with Crippen molar-refractivity contribution in [2.75, 3.05) is 25.1 Å². The van der Waals surface area contributed by atoms with Gasteiger partial charge in [-0.3, -0.25) is 4.79 Å². The number of ether oxygens (including phenoxy) is 1. The molecule has 1 heterocycles. The van der Waals surface area contributed by atoms with Crippen LogP contribution in [0.5, 0.6) is 0 Å². The van der Waals surface area contributed by atoms with E-state index >= 15 is 0 Å². The molecule has 24 heavy (non-hydrogen) atoms. The molecule has 0 radical (unpaired) electrons. The summed E-state index contributed by atoms with van der Waals surface area (Å²) in [5.74, 6) is -0.747. The van der Waals surface area contributed by atoms with Gasteiger partial charge in [-0.1, -0.05) is 23.7 Å². The number of aliphatic hydroxyl groups is 1. The zero-order chi connectivity index (χ0) is 17.7. The predicted molar refractivity (Wildman–Crippen MR) is 94.7 cm³/mol. The Bertz CT molecular complexity index is 760. The highest BCUT2D eigenvalue weighted by Gasteiger charge is 2.23. The number of amides is 1. The fraction of sp³-hybridized carbons (Fsp3) is 0.375. The standard InChI is InChI=1S/C16H19ClN2O4S/c1-3-23-16(22)12-11-5-4-10(8-18-6-7-20)13(17)14(11)24-15(12)19-9(2)21/h4-5,18,20H,3,6-8H2,1-2H3,(H,19,21)/p+1. The third-order valence-corrected chi connectivity index (χ3v) is 5.03. The Morgan fingerprint density at radius 3 is 2.79 bits per heavy atom. The Balaban J connectivity index is 2.51. The number of hydrogen-bond donors (Lipinski definition) is 3. The summed E-state index contributed by atoms with van der Waals surface area (Å²) in [4.78, 5) is 23.7. The molecule has 4 N–H and O–H groups in total. The number of halogens is 1. The first kappa shape index (κ1) is 18.7. The van der Waals surface area contributed by atoms with Gasteiger partial charge < -0.3 is 20.5 Å². The summed E-state index contributed by atoms with van der Waals surface area (Å²) >= 11 is 7.75. The SMILES string of the molecule is CCOC(=O)c1c(NC(C)=O)sc2c(Cl)c(C[NH2+]CCO)ccc12. The van der Waals surface area contributed by atoms with E-state index in [0.717, 1.165) is 10.3 Å². The number of aliphatic hydroxyl groups excluding tert-OH is 1. The van der Waals surface area contributed by atoms with Gasteiger partial charge in [0.2, 0.25) is 5.91 Å². The number of benzene rings is 1. The first-order chi connectivity index (χ1) is 11.5. The molecule has 0 saturated heterocycles. The molecule has 2 rings (SSSR count). The number of carbonyl (C=O) groups excluding carboxylic acids is 2. The van der Waals surface area contributed by atoms with Gasteiger partial charge in [0.15, 0.2) is 0 Å². The largest absolute Gasteiger partial charge is 0.462 e. The van der Waals surface area contributed by atoms with E-state index in [9.17, 15) is 9.59 Å². The summed E-state index contributed by atoms with van der Waals surface area (Å²) in [6.45, 7) is 4.67. The van der Waals surface area contributed by atoms with Crippen LogP contribution in [-0.2, 0) is 16.1 Å². The molecule has 0 bridgehead atoms. The fourth-order valence-corrected chi connectivity index (χ4v) is 3.88. The summed E-state index contributed by atoms with van der Waals surface area (Å²) in [5, 5.41) is 15.1. The summed E-state index contributed by atoms with van der Waals surface area (Å²) in [5.41, 5.74) is 1.24. The Morgan fingerprint density at radius 1 is 1.42 bits per heavy atom. The van der Waals surface area contributed by atoms with Crippen molar-refractivity contribution in [1.82, 2.24) is 0 Å². The second kappa shape index (κ2) is 8.43. The maximum absolute atomic E-state index is 12.3. The minimum atomic E-state index is -0.483. The number of thiophene rings is 1. The first-order valence-electron chi connectivity index (χ1n) is 7.60. The number of fused-ring (bicyclic) bond motifs is 1. The van der Waals surface area contributed by atoms with Gasteiger partial charge in [-0.15, -0.1) is 11.3 Å². The lowest BCUT2D eigenvalue weighted by Gasteiger charge is -2.06. The highest BCUT2D eigenvalue weighted by molar-refractivity contribution is 7.24. The zero-order valence-electron chi connectivity index (χ0n) is 13.5. The average molecular weight is 372 g/mol. The minimum absolute atomic E-state index is 0.0958. The lowest BCUT2D eigenvalue weighted by molar-refractivity contribution is -0.671. The van der Waals surface area contributed by atoms with Gasteiger partial charge in [-0.2, -0.15) is 0 Å². The lowest BCUT2D eigenvalue weighted by atomic mass is 10.1. The van der Waals surface area contributed by atoms with Crippen LogP contribution in [0.1, 0.15) is 29.8 Å². The van der Waals surface area contributed by atoms with E-state index in [1.165, 1.54) is 18.3 Å². The Labute approximate surface area is 148 Å². The van der Waals surface area contributed by atoms with Gasteiger partial charge in [0.05, 0.1) is 29.5 Å². The first-order valence-corrected chi connectivity index (χ1v) is 8.80. The predicted octanol–water partition coefficient (Wildman–Crippen LogP) is 1.75. The van der Waals surface area contributed by atoms with Gasteiger partial charge in [-0.05, 0) is 6.92 Å². The third-order valence-electron chi connectivity index (χ3n) is 3.34. The maximum atomic E-state index is 12.3. The highest BCUT2D eigenvalue weighted by Crippen LogP contribution is 2.41. The van der Waals surface area contributed by atoms with Crippen LogP contribution < -0.4 is 10.6 Å². The molecule has 0 unspecified atom stereocenters. The normalized spacial score (nSPS) is 10.8. The molecule has 0 atom stereocenters. The van der Waals surface area contributed by atoms with E-state index in [1.54, 1.807) is 6.92 Å². The van der Waals surface area contributed by atoms with Gasteiger partial charge >= 0.3 is 5.97 Å². The Morgan fingerprint density at radius 2 is 2.17 bits per heavy atom. The highest BCUT2D eigenvalue weighted by atomic mass is 35.5. The van der Waals surface area contributed by atoms with Crippen LogP contribution in [0.25, 0.3) is 10.1 Å². The molecule has 8 heteroatoms. The number of rotatable bonds is 7. The zero-order valence-corrected chi connectivity index (χ0v) is 15.1. The van der Waals surface area contributed by atoms with Crippen molar-refractivity contribution in [3.8, 4) is 0 Å². The summed E-state index contributed by atoms with van der Waals surface area (Å²) < 4.78 is 5.84. The third kappa shape index (κ3) is 4.05. The second-order valence-electron chi connectivity index (χ2n) is 5.13. The van der Waals surface area contributed by atoms with Crippen molar-refractivity contribution < 1.29 is 24.7 Å². The molecule has 0 fully saturated rings. The van der Waals surface area contributed by atoms with Crippen LogP contribution >= 0.6 is 22.9 Å². The summed E-state index contributed by atoms with van der Waals surface area (Å²) in [7, 11) is 0. The smallest absolute Gasteiger partial charge is 0.341 e. The number of carbonyl (C=O) groups is 2. The quantitative estimate of drug-likeness (QED) is 0.510. The number of esters is 1. The van der Waals surface area contributed by atoms with Gasteiger partial charge in [-0.25, -0.2) is 4.79 Å². The number of nitrogens with two attached hydrogens (primary N) is 1. The molecule has 0 aliphatic carbocycles. The van der Waals surface area contributed by atoms with Crippen molar-refractivity contribution in [2.45, 2.75) is 20.4 Å². The average Bonchev–Trinajstić information content (AvgIpc) is 2.88. The van der Waals surface area contributed by atoms with Gasteiger partial charge in [0.25, 0.3) is 0 Å². The van der Waals surface area contributed by atoms with Crippen LogP contribution in [0.3, 0.4) is 0 Å². The Hall–Kier alpha value is -1.67. The molecule has 1 aromatic heterocycles. The van der Waals surface area contributed by atoms with Crippen molar-refractivity contribution in [3.05, 3.63) is 28.3 Å². The van der Waals surface area contributed by atoms with E-state index in [-0.39, 0.29) is 19.1 Å². The molecule has 0 aliphatic heterocycles. The molecular weight excluding hydrogens is 352 g/mol. The van der Waals surface area contributed by atoms with Crippen LogP contribution in [0.2, 0.25) is 5.02 Å². The number of anilines is 1. The molecular formula is C16H20ClN2O4S+. The summed E-state index contributed by atoms with van der Waals surface area (Å²) in [6.07, 6.45) is 0. The molecule has 130 valence electrons. The van der Waals surface area contributed by atoms with E-state index < -0.39 is 5.97 Å². The van der Waals surface area contributed by atoms with E-state index in [0.29, 0.717) is 34.1 Å². The number of nitrogens with one attached hydrogen (secondary N) is 1.